The lowest BCUT2D eigenvalue weighted by Crippen LogP contribution is -2.38. The maximum absolute atomic E-state index is 9.22. The molecule has 21 heavy (non-hydrogen) atoms. The van der Waals surface area contributed by atoms with Gasteiger partial charge < -0.3 is 4.57 Å². The second kappa shape index (κ2) is 5.20. The third-order valence-corrected chi connectivity index (χ3v) is 5.14. The number of aryl methyl sites for hydroxylation is 1. The summed E-state index contributed by atoms with van der Waals surface area (Å²) in [6.45, 7) is 3.14. The van der Waals surface area contributed by atoms with Crippen molar-refractivity contribution in [3.05, 3.63) is 35.5 Å². The molecular weight excluding hydrogens is 258 g/mol. The van der Waals surface area contributed by atoms with Gasteiger partial charge in [0, 0.05) is 29.2 Å². The third-order valence-electron chi connectivity index (χ3n) is 5.14. The minimum absolute atomic E-state index is 0.132. The molecule has 1 fully saturated rings. The minimum Gasteiger partial charge on any atom is -0.347 e. The molecule has 0 amide bonds. The van der Waals surface area contributed by atoms with Crippen molar-refractivity contribution in [2.45, 2.75) is 44.7 Å². The van der Waals surface area contributed by atoms with Gasteiger partial charge in [-0.1, -0.05) is 12.8 Å². The van der Waals surface area contributed by atoms with Gasteiger partial charge >= 0.3 is 0 Å². The molecule has 0 saturated heterocycles. The first-order valence-corrected chi connectivity index (χ1v) is 7.83. The molecule has 3 rings (SSSR count). The van der Waals surface area contributed by atoms with Crippen molar-refractivity contribution in [2.24, 2.45) is 0 Å². The summed E-state index contributed by atoms with van der Waals surface area (Å²) in [6, 6.07) is 8.38. The zero-order chi connectivity index (χ0) is 15.0. The molecular formula is C18H23N3. The van der Waals surface area contributed by atoms with E-state index in [4.69, 9.17) is 0 Å². The number of nitriles is 1. The number of benzene rings is 1. The number of nitrogens with zero attached hydrogens (tertiary/aromatic N) is 3. The molecule has 0 spiro atoms. The van der Waals surface area contributed by atoms with E-state index in [2.05, 4.69) is 54.9 Å². The van der Waals surface area contributed by atoms with Crippen LogP contribution < -0.4 is 0 Å². The summed E-state index contributed by atoms with van der Waals surface area (Å²) in [6.07, 6.45) is 7.31. The fourth-order valence-electron chi connectivity index (χ4n) is 3.92. The zero-order valence-electron chi connectivity index (χ0n) is 13.2. The Hall–Kier alpha value is -1.79. The fourth-order valence-corrected chi connectivity index (χ4v) is 3.92. The zero-order valence-corrected chi connectivity index (χ0v) is 13.2. The lowest BCUT2D eigenvalue weighted by Gasteiger charge is -2.36. The van der Waals surface area contributed by atoms with Crippen LogP contribution >= 0.6 is 0 Å². The molecule has 2 aromatic rings. The van der Waals surface area contributed by atoms with Gasteiger partial charge in [-0.2, -0.15) is 5.26 Å². The Morgan fingerprint density at radius 1 is 1.29 bits per heavy atom. The first kappa shape index (κ1) is 14.2. The summed E-state index contributed by atoms with van der Waals surface area (Å²) in [4.78, 5) is 2.38. The van der Waals surface area contributed by atoms with E-state index < -0.39 is 0 Å². The first-order valence-electron chi connectivity index (χ1n) is 7.83. The first-order chi connectivity index (χ1) is 10.1. The van der Waals surface area contributed by atoms with E-state index in [1.807, 2.05) is 6.07 Å². The van der Waals surface area contributed by atoms with Gasteiger partial charge in [0.2, 0.25) is 0 Å². The fraction of sp³-hybridized carbons (Fsp3) is 0.500. The summed E-state index contributed by atoms with van der Waals surface area (Å²) in [5.41, 5.74) is 3.54. The van der Waals surface area contributed by atoms with Crippen molar-refractivity contribution < 1.29 is 0 Å². The summed E-state index contributed by atoms with van der Waals surface area (Å²) in [5, 5.41) is 10.5. The smallest absolute Gasteiger partial charge is 0.0991 e. The van der Waals surface area contributed by atoms with Crippen molar-refractivity contribution in [3.8, 4) is 6.07 Å². The van der Waals surface area contributed by atoms with Crippen LogP contribution in [0, 0.1) is 11.3 Å². The molecule has 1 aliphatic carbocycles. The highest BCUT2D eigenvalue weighted by molar-refractivity contribution is 5.86. The average Bonchev–Trinajstić information content (AvgIpc) is 3.11. The van der Waals surface area contributed by atoms with Gasteiger partial charge in [-0.3, -0.25) is 4.90 Å². The number of hydrogen-bond acceptors (Lipinski definition) is 2. The van der Waals surface area contributed by atoms with Crippen LogP contribution in [0.1, 0.15) is 43.7 Å². The van der Waals surface area contributed by atoms with Crippen LogP contribution in [0.3, 0.4) is 0 Å². The van der Waals surface area contributed by atoms with E-state index in [-0.39, 0.29) is 5.54 Å². The summed E-state index contributed by atoms with van der Waals surface area (Å²) < 4.78 is 2.31. The van der Waals surface area contributed by atoms with Crippen LogP contribution in [-0.4, -0.2) is 23.6 Å². The topological polar surface area (TPSA) is 32.0 Å². The van der Waals surface area contributed by atoms with Gasteiger partial charge in [0.15, 0.2) is 0 Å². The normalized spacial score (nSPS) is 17.5. The van der Waals surface area contributed by atoms with Crippen LogP contribution in [0.15, 0.2) is 24.4 Å². The number of rotatable bonds is 3. The van der Waals surface area contributed by atoms with E-state index in [9.17, 15) is 5.26 Å². The van der Waals surface area contributed by atoms with Crippen molar-refractivity contribution in [1.29, 1.82) is 5.26 Å². The molecule has 1 saturated carbocycles. The minimum atomic E-state index is 0.132. The van der Waals surface area contributed by atoms with Crippen LogP contribution in [0.4, 0.5) is 0 Å². The lowest BCUT2D eigenvalue weighted by molar-refractivity contribution is 0.160. The molecule has 0 bridgehead atoms. The van der Waals surface area contributed by atoms with Crippen LogP contribution in [-0.2, 0) is 12.1 Å². The van der Waals surface area contributed by atoms with Gasteiger partial charge in [0.25, 0.3) is 0 Å². The number of hydrogen-bond donors (Lipinski definition) is 0. The quantitative estimate of drug-likeness (QED) is 0.855. The van der Waals surface area contributed by atoms with Gasteiger partial charge in [-0.15, -0.1) is 0 Å². The van der Waals surface area contributed by atoms with E-state index >= 15 is 0 Å². The Labute approximate surface area is 126 Å². The molecule has 1 aromatic carbocycles. The van der Waals surface area contributed by atoms with E-state index in [1.54, 1.807) is 0 Å². The number of aromatic nitrogens is 1. The maximum atomic E-state index is 9.22. The monoisotopic (exact) mass is 281 g/mol. The molecule has 0 radical (unpaired) electrons. The molecule has 3 heteroatoms. The molecule has 1 aliphatic rings. The highest BCUT2D eigenvalue weighted by atomic mass is 15.2. The molecule has 110 valence electrons. The third kappa shape index (κ3) is 2.06. The van der Waals surface area contributed by atoms with Crippen molar-refractivity contribution in [3.63, 3.8) is 0 Å². The Bertz CT molecular complexity index is 697. The van der Waals surface area contributed by atoms with Crippen LogP contribution in [0.5, 0.6) is 0 Å². The molecule has 0 unspecified atom stereocenters. The van der Waals surface area contributed by atoms with Gasteiger partial charge in [-0.25, -0.2) is 0 Å². The highest BCUT2D eigenvalue weighted by Gasteiger charge is 2.39. The Morgan fingerprint density at radius 3 is 2.57 bits per heavy atom. The molecule has 1 aromatic heterocycles. The maximum Gasteiger partial charge on any atom is 0.0991 e. The standard InChI is InChI=1S/C18H23N3/c1-4-21-13-16(18(20(2)3)9-5-6-10-18)15-11-14(12-19)7-8-17(15)21/h7-8,11,13H,4-6,9-10H2,1-3H3. The summed E-state index contributed by atoms with van der Waals surface area (Å²) in [7, 11) is 4.38. The van der Waals surface area contributed by atoms with Gasteiger partial charge in [0.05, 0.1) is 11.6 Å². The Kier molecular flexibility index (Phi) is 3.51. The second-order valence-corrected chi connectivity index (χ2v) is 6.31. The van der Waals surface area contributed by atoms with E-state index in [0.29, 0.717) is 0 Å². The van der Waals surface area contributed by atoms with Gasteiger partial charge in [-0.05, 0) is 57.6 Å². The molecule has 0 aliphatic heterocycles. The second-order valence-electron chi connectivity index (χ2n) is 6.31. The predicted octanol–water partition coefficient (Wildman–Crippen LogP) is 3.86. The van der Waals surface area contributed by atoms with Crippen molar-refractivity contribution in [1.82, 2.24) is 9.47 Å². The predicted molar refractivity (Wildman–Crippen MR) is 86.2 cm³/mol. The highest BCUT2D eigenvalue weighted by Crippen LogP contribution is 2.45. The molecule has 0 N–H and O–H groups in total. The van der Waals surface area contributed by atoms with Crippen molar-refractivity contribution >= 4 is 10.9 Å². The van der Waals surface area contributed by atoms with Crippen molar-refractivity contribution in [2.75, 3.05) is 14.1 Å². The largest absolute Gasteiger partial charge is 0.347 e. The summed E-state index contributed by atoms with van der Waals surface area (Å²) in [5.74, 6) is 0. The lowest BCUT2D eigenvalue weighted by atomic mass is 9.86. The molecule has 1 heterocycles. The van der Waals surface area contributed by atoms with Gasteiger partial charge in [0.1, 0.15) is 0 Å². The Balaban J connectivity index is 2.28. The summed E-state index contributed by atoms with van der Waals surface area (Å²) >= 11 is 0. The van der Waals surface area contributed by atoms with Crippen LogP contribution in [0.25, 0.3) is 10.9 Å². The van der Waals surface area contributed by atoms with E-state index in [0.717, 1.165) is 12.1 Å². The van der Waals surface area contributed by atoms with Crippen LogP contribution in [0.2, 0.25) is 0 Å². The number of fused-ring (bicyclic) bond motifs is 1. The molecule has 3 nitrogen and oxygen atoms in total. The molecule has 0 atom stereocenters. The SMILES string of the molecule is CCn1cc(C2(N(C)C)CCCC2)c2cc(C#N)ccc21. The average molecular weight is 281 g/mol. The Morgan fingerprint density at radius 2 is 2.00 bits per heavy atom. The van der Waals surface area contributed by atoms with E-state index in [1.165, 1.54) is 42.1 Å².